The Kier molecular flexibility index (Phi) is 9.51. The Labute approximate surface area is 165 Å². The van der Waals surface area contributed by atoms with E-state index in [1.165, 1.54) is 12.0 Å². The maximum Gasteiger partial charge on any atom is 0.329 e. The molecule has 5 heteroatoms. The van der Waals surface area contributed by atoms with Gasteiger partial charge in [0.05, 0.1) is 6.04 Å². The van der Waals surface area contributed by atoms with Crippen molar-refractivity contribution < 1.29 is 14.3 Å². The molecule has 0 saturated carbocycles. The molecular formula is C22H40N2O3. The van der Waals surface area contributed by atoms with Crippen LogP contribution < -0.4 is 10.6 Å². The van der Waals surface area contributed by atoms with Crippen LogP contribution in [0.3, 0.4) is 0 Å². The van der Waals surface area contributed by atoms with Crippen LogP contribution in [0.4, 0.5) is 0 Å². The van der Waals surface area contributed by atoms with Gasteiger partial charge in [-0.3, -0.25) is 4.79 Å². The van der Waals surface area contributed by atoms with Crippen molar-refractivity contribution in [1.82, 2.24) is 10.6 Å². The molecule has 1 amide bonds. The number of amides is 1. The molecule has 1 rings (SSSR count). The molecule has 1 saturated heterocycles. The summed E-state index contributed by atoms with van der Waals surface area (Å²) >= 11 is 0. The van der Waals surface area contributed by atoms with Crippen LogP contribution in [0, 0.1) is 11.8 Å². The van der Waals surface area contributed by atoms with Crippen molar-refractivity contribution in [2.24, 2.45) is 11.8 Å². The highest BCUT2D eigenvalue weighted by Crippen LogP contribution is 2.28. The normalized spacial score (nSPS) is 22.9. The van der Waals surface area contributed by atoms with Crippen LogP contribution in [0.2, 0.25) is 0 Å². The van der Waals surface area contributed by atoms with Crippen molar-refractivity contribution in [3.8, 4) is 0 Å². The van der Waals surface area contributed by atoms with Crippen LogP contribution in [-0.2, 0) is 14.3 Å². The van der Waals surface area contributed by atoms with E-state index in [9.17, 15) is 9.59 Å². The third-order valence-corrected chi connectivity index (χ3v) is 4.89. The second-order valence-corrected chi connectivity index (χ2v) is 9.05. The molecule has 3 atom stereocenters. The summed E-state index contributed by atoms with van der Waals surface area (Å²) in [5, 5.41) is 6.32. The largest absolute Gasteiger partial charge is 0.458 e. The van der Waals surface area contributed by atoms with Crippen LogP contribution in [-0.4, -0.2) is 36.1 Å². The number of ether oxygens (including phenoxy) is 1. The summed E-state index contributed by atoms with van der Waals surface area (Å²) < 4.78 is 5.53. The van der Waals surface area contributed by atoms with Crippen LogP contribution in [0.1, 0.15) is 80.6 Å². The topological polar surface area (TPSA) is 67.4 Å². The van der Waals surface area contributed by atoms with Crippen LogP contribution >= 0.6 is 0 Å². The average molecular weight is 381 g/mol. The molecule has 2 N–H and O–H groups in total. The summed E-state index contributed by atoms with van der Waals surface area (Å²) in [4.78, 5) is 25.6. The molecule has 0 aromatic heterocycles. The number of allylic oxidation sites excluding steroid dienone is 1. The standard InChI is InChI=1S/C22H40N2O3/c1-8-10-11-12-17-16(9-2)14-23-19(17)20(25)24-18(13-15(3)4)21(26)27-22(5,6)7/h9,15,17-19,23H,8,10-14H2,1-7H3,(H,24,25)/b16-9+/t17-,18+,19+/m1/s1. The SMILES string of the molecule is C/C=C1\CN[C@H](C(=O)N[C@@H](CC(C)C)C(=O)OC(C)(C)C)[C@@H]1CCCCC. The molecular weight excluding hydrogens is 340 g/mol. The van der Waals surface area contributed by atoms with Gasteiger partial charge in [-0.15, -0.1) is 0 Å². The first-order chi connectivity index (χ1) is 12.6. The zero-order chi connectivity index (χ0) is 20.6. The highest BCUT2D eigenvalue weighted by Gasteiger charge is 2.37. The van der Waals surface area contributed by atoms with Gasteiger partial charge in [-0.1, -0.05) is 51.7 Å². The molecule has 0 spiro atoms. The zero-order valence-corrected chi connectivity index (χ0v) is 18.4. The maximum absolute atomic E-state index is 13.0. The molecule has 0 bridgehead atoms. The molecule has 1 aliphatic heterocycles. The summed E-state index contributed by atoms with van der Waals surface area (Å²) in [5.41, 5.74) is 0.729. The smallest absolute Gasteiger partial charge is 0.329 e. The molecule has 5 nitrogen and oxygen atoms in total. The van der Waals surface area contributed by atoms with Gasteiger partial charge in [0.15, 0.2) is 0 Å². The van der Waals surface area contributed by atoms with Gasteiger partial charge in [0, 0.05) is 12.5 Å². The Bertz CT molecular complexity index is 520. The molecule has 156 valence electrons. The van der Waals surface area contributed by atoms with E-state index in [4.69, 9.17) is 4.74 Å². The van der Waals surface area contributed by atoms with Crippen molar-refractivity contribution >= 4 is 11.9 Å². The van der Waals surface area contributed by atoms with Crippen LogP contribution in [0.25, 0.3) is 0 Å². The molecule has 0 aliphatic carbocycles. The van der Waals surface area contributed by atoms with E-state index in [1.54, 1.807) is 0 Å². The summed E-state index contributed by atoms with van der Waals surface area (Å²) in [6, 6.07) is -0.880. The first-order valence-electron chi connectivity index (χ1n) is 10.5. The van der Waals surface area contributed by atoms with Crippen molar-refractivity contribution in [2.45, 2.75) is 98.3 Å². The Morgan fingerprint density at radius 1 is 1.30 bits per heavy atom. The van der Waals surface area contributed by atoms with E-state index in [-0.39, 0.29) is 29.8 Å². The second-order valence-electron chi connectivity index (χ2n) is 9.05. The number of hydrogen-bond acceptors (Lipinski definition) is 4. The van der Waals surface area contributed by atoms with Crippen molar-refractivity contribution in [2.75, 3.05) is 6.54 Å². The predicted octanol–water partition coefficient (Wildman–Crippen LogP) is 3.97. The summed E-state index contributed by atoms with van der Waals surface area (Å²) in [7, 11) is 0. The van der Waals surface area contributed by atoms with Gasteiger partial charge >= 0.3 is 5.97 Å². The number of carbonyl (C=O) groups is 2. The lowest BCUT2D eigenvalue weighted by atomic mass is 9.89. The Balaban J connectivity index is 2.84. The van der Waals surface area contributed by atoms with Gasteiger partial charge in [0.2, 0.25) is 5.91 Å². The molecule has 0 aromatic rings. The number of esters is 1. The van der Waals surface area contributed by atoms with Crippen molar-refractivity contribution in [1.29, 1.82) is 0 Å². The Morgan fingerprint density at radius 2 is 1.96 bits per heavy atom. The van der Waals surface area contributed by atoms with Crippen LogP contribution in [0.15, 0.2) is 11.6 Å². The van der Waals surface area contributed by atoms with Gasteiger partial charge in [-0.25, -0.2) is 4.79 Å². The number of hydrogen-bond donors (Lipinski definition) is 2. The van der Waals surface area contributed by atoms with Gasteiger partial charge in [0.1, 0.15) is 11.6 Å². The fourth-order valence-electron chi connectivity index (χ4n) is 3.59. The van der Waals surface area contributed by atoms with E-state index >= 15 is 0 Å². The molecule has 0 radical (unpaired) electrons. The minimum absolute atomic E-state index is 0.0927. The lowest BCUT2D eigenvalue weighted by Crippen LogP contribution is -2.51. The lowest BCUT2D eigenvalue weighted by molar-refractivity contribution is -0.159. The van der Waals surface area contributed by atoms with E-state index in [0.717, 1.165) is 25.8 Å². The van der Waals surface area contributed by atoms with Gasteiger partial charge in [0.25, 0.3) is 0 Å². The predicted molar refractivity (Wildman–Crippen MR) is 110 cm³/mol. The second kappa shape index (κ2) is 10.8. The summed E-state index contributed by atoms with van der Waals surface area (Å²) in [6.07, 6.45) is 7.15. The van der Waals surface area contributed by atoms with Crippen molar-refractivity contribution in [3.63, 3.8) is 0 Å². The minimum atomic E-state index is -0.607. The van der Waals surface area contributed by atoms with Crippen LogP contribution in [0.5, 0.6) is 0 Å². The maximum atomic E-state index is 13.0. The first-order valence-corrected chi connectivity index (χ1v) is 10.5. The molecule has 27 heavy (non-hydrogen) atoms. The monoisotopic (exact) mass is 380 g/mol. The molecule has 1 heterocycles. The van der Waals surface area contributed by atoms with E-state index in [2.05, 4.69) is 23.6 Å². The summed E-state index contributed by atoms with van der Waals surface area (Å²) in [6.45, 7) is 14.6. The lowest BCUT2D eigenvalue weighted by Gasteiger charge is -2.27. The van der Waals surface area contributed by atoms with Gasteiger partial charge in [-0.05, 0) is 46.5 Å². The van der Waals surface area contributed by atoms with Crippen molar-refractivity contribution in [3.05, 3.63) is 11.6 Å². The zero-order valence-electron chi connectivity index (χ0n) is 18.4. The average Bonchev–Trinajstić information content (AvgIpc) is 2.95. The third kappa shape index (κ3) is 8.04. The highest BCUT2D eigenvalue weighted by molar-refractivity contribution is 5.88. The Morgan fingerprint density at radius 3 is 2.48 bits per heavy atom. The number of unbranched alkanes of at least 4 members (excludes halogenated alkanes) is 2. The first kappa shape index (κ1) is 23.7. The molecule has 1 fully saturated rings. The summed E-state index contributed by atoms with van der Waals surface area (Å²) in [5.74, 6) is 0.0480. The number of rotatable bonds is 9. The highest BCUT2D eigenvalue weighted by atomic mass is 16.6. The van der Waals surface area contributed by atoms with Gasteiger partial charge < -0.3 is 15.4 Å². The number of nitrogens with one attached hydrogen (secondary N) is 2. The minimum Gasteiger partial charge on any atom is -0.458 e. The Hall–Kier alpha value is -1.36. The third-order valence-electron chi connectivity index (χ3n) is 4.89. The molecule has 1 aliphatic rings. The number of carbonyl (C=O) groups excluding carboxylic acids is 2. The fourth-order valence-corrected chi connectivity index (χ4v) is 3.59. The fraction of sp³-hybridized carbons (Fsp3) is 0.818. The van der Waals surface area contributed by atoms with E-state index < -0.39 is 11.6 Å². The quantitative estimate of drug-likeness (QED) is 0.361. The molecule has 0 unspecified atom stereocenters. The van der Waals surface area contributed by atoms with E-state index in [1.807, 2.05) is 41.5 Å². The van der Waals surface area contributed by atoms with Gasteiger partial charge in [-0.2, -0.15) is 0 Å². The van der Waals surface area contributed by atoms with E-state index in [0.29, 0.717) is 6.42 Å². The molecule has 0 aromatic carbocycles.